The van der Waals surface area contributed by atoms with Crippen molar-refractivity contribution in [3.63, 3.8) is 0 Å². The van der Waals surface area contributed by atoms with Gasteiger partial charge >= 0.3 is 5.97 Å². The largest absolute Gasteiger partial charge is 0.458 e. The van der Waals surface area contributed by atoms with Gasteiger partial charge < -0.3 is 4.74 Å². The van der Waals surface area contributed by atoms with Gasteiger partial charge in [0.25, 0.3) is 0 Å². The van der Waals surface area contributed by atoms with Crippen LogP contribution in [0.3, 0.4) is 0 Å². The summed E-state index contributed by atoms with van der Waals surface area (Å²) in [6, 6.07) is 15.4. The molecule has 22 heavy (non-hydrogen) atoms. The summed E-state index contributed by atoms with van der Waals surface area (Å²) >= 11 is 6.01. The minimum absolute atomic E-state index is 0.176. The van der Waals surface area contributed by atoms with Gasteiger partial charge in [0, 0.05) is 16.7 Å². The first-order valence-electron chi connectivity index (χ1n) is 7.24. The second-order valence-electron chi connectivity index (χ2n) is 5.35. The third-order valence-electron chi connectivity index (χ3n) is 3.34. The average Bonchev–Trinajstić information content (AvgIpc) is 2.52. The summed E-state index contributed by atoms with van der Waals surface area (Å²) in [5.41, 5.74) is 3.05. The number of halogens is 1. The van der Waals surface area contributed by atoms with Gasteiger partial charge in [-0.25, -0.2) is 4.79 Å². The first-order chi connectivity index (χ1) is 10.6. The van der Waals surface area contributed by atoms with Crippen molar-refractivity contribution < 1.29 is 9.53 Å². The Balaban J connectivity index is 1.90. The zero-order valence-electron chi connectivity index (χ0n) is 12.8. The van der Waals surface area contributed by atoms with Gasteiger partial charge in [-0.1, -0.05) is 67.9 Å². The van der Waals surface area contributed by atoms with Crippen molar-refractivity contribution in [3.05, 3.63) is 76.3 Å². The molecule has 0 aliphatic carbocycles. The molecule has 0 aliphatic heterocycles. The molecule has 0 heterocycles. The number of hydrogen-bond acceptors (Lipinski definition) is 2. The van der Waals surface area contributed by atoms with Crippen LogP contribution in [-0.2, 0) is 16.1 Å². The molecular weight excluding hydrogens is 296 g/mol. The normalized spacial score (nSPS) is 11.1. The van der Waals surface area contributed by atoms with Crippen LogP contribution in [0.25, 0.3) is 6.08 Å². The highest BCUT2D eigenvalue weighted by Crippen LogP contribution is 2.17. The van der Waals surface area contributed by atoms with Gasteiger partial charge in [0.1, 0.15) is 6.61 Å². The highest BCUT2D eigenvalue weighted by molar-refractivity contribution is 6.31. The van der Waals surface area contributed by atoms with Crippen LogP contribution in [0.4, 0.5) is 0 Å². The van der Waals surface area contributed by atoms with Crippen molar-refractivity contribution in [2.75, 3.05) is 0 Å². The van der Waals surface area contributed by atoms with E-state index in [4.69, 9.17) is 16.3 Å². The summed E-state index contributed by atoms with van der Waals surface area (Å²) in [4.78, 5) is 11.7. The molecule has 2 nitrogen and oxygen atoms in total. The van der Waals surface area contributed by atoms with Gasteiger partial charge in [0.2, 0.25) is 0 Å². The lowest BCUT2D eigenvalue weighted by Crippen LogP contribution is -2.01. The molecule has 0 bridgehead atoms. The lowest BCUT2D eigenvalue weighted by Gasteiger charge is -2.05. The van der Waals surface area contributed by atoms with E-state index >= 15 is 0 Å². The number of carbonyl (C=O) groups is 1. The van der Waals surface area contributed by atoms with E-state index in [2.05, 4.69) is 26.0 Å². The number of benzene rings is 2. The van der Waals surface area contributed by atoms with Gasteiger partial charge in [0.05, 0.1) is 0 Å². The minimum atomic E-state index is -0.382. The van der Waals surface area contributed by atoms with Crippen molar-refractivity contribution in [3.8, 4) is 0 Å². The molecule has 2 rings (SSSR count). The zero-order chi connectivity index (χ0) is 15.9. The number of ether oxygens (including phenoxy) is 1. The Kier molecular flexibility index (Phi) is 5.79. The predicted octanol–water partition coefficient (Wildman–Crippen LogP) is 5.22. The molecule has 0 aromatic heterocycles. The van der Waals surface area contributed by atoms with E-state index in [-0.39, 0.29) is 12.6 Å². The maximum absolute atomic E-state index is 11.7. The van der Waals surface area contributed by atoms with E-state index in [1.165, 1.54) is 11.6 Å². The maximum atomic E-state index is 11.7. The van der Waals surface area contributed by atoms with Crippen LogP contribution in [0.1, 0.15) is 36.5 Å². The first kappa shape index (κ1) is 16.3. The molecule has 2 aromatic rings. The van der Waals surface area contributed by atoms with Gasteiger partial charge in [0.15, 0.2) is 0 Å². The molecule has 0 fully saturated rings. The molecule has 0 atom stereocenters. The third-order valence-corrected chi connectivity index (χ3v) is 3.71. The quantitative estimate of drug-likeness (QED) is 0.558. The van der Waals surface area contributed by atoms with Gasteiger partial charge in [-0.3, -0.25) is 0 Å². The van der Waals surface area contributed by atoms with Gasteiger partial charge in [-0.05, 0) is 29.2 Å². The van der Waals surface area contributed by atoms with Gasteiger partial charge in [-0.2, -0.15) is 0 Å². The molecule has 3 heteroatoms. The monoisotopic (exact) mass is 314 g/mol. The third kappa shape index (κ3) is 4.74. The Morgan fingerprint density at radius 1 is 1.14 bits per heavy atom. The minimum Gasteiger partial charge on any atom is -0.458 e. The van der Waals surface area contributed by atoms with Crippen LogP contribution in [0.2, 0.25) is 5.02 Å². The standard InChI is InChI=1S/C19H19ClO2/c1-14(2)16-10-7-15(8-11-16)9-12-19(21)22-13-17-5-3-4-6-18(17)20/h3-12,14H,13H2,1-2H3/b12-9+. The molecule has 0 saturated heterocycles. The van der Waals surface area contributed by atoms with Crippen molar-refractivity contribution in [1.29, 1.82) is 0 Å². The van der Waals surface area contributed by atoms with Crippen LogP contribution in [0.5, 0.6) is 0 Å². The summed E-state index contributed by atoms with van der Waals surface area (Å²) in [6.45, 7) is 4.48. The first-order valence-corrected chi connectivity index (χ1v) is 7.62. The molecule has 0 saturated carbocycles. The molecule has 0 radical (unpaired) electrons. The van der Waals surface area contributed by atoms with E-state index in [0.29, 0.717) is 10.9 Å². The van der Waals surface area contributed by atoms with Crippen molar-refractivity contribution in [1.82, 2.24) is 0 Å². The number of rotatable bonds is 5. The van der Waals surface area contributed by atoms with Crippen molar-refractivity contribution in [2.45, 2.75) is 26.4 Å². The SMILES string of the molecule is CC(C)c1ccc(/C=C/C(=O)OCc2ccccc2Cl)cc1. The maximum Gasteiger partial charge on any atom is 0.331 e. The fraction of sp³-hybridized carbons (Fsp3) is 0.211. The summed E-state index contributed by atoms with van der Waals surface area (Å²) in [6.07, 6.45) is 3.18. The molecular formula is C19H19ClO2. The Labute approximate surface area is 136 Å². The zero-order valence-corrected chi connectivity index (χ0v) is 13.5. The lowest BCUT2D eigenvalue weighted by atomic mass is 10.0. The van der Waals surface area contributed by atoms with E-state index in [1.54, 1.807) is 12.1 Å². The number of hydrogen-bond donors (Lipinski definition) is 0. The Hall–Kier alpha value is -2.06. The lowest BCUT2D eigenvalue weighted by molar-refractivity contribution is -0.138. The highest BCUT2D eigenvalue weighted by Gasteiger charge is 2.02. The van der Waals surface area contributed by atoms with E-state index in [9.17, 15) is 4.79 Å². The Bertz CT molecular complexity index is 657. The molecule has 0 N–H and O–H groups in total. The van der Waals surface area contributed by atoms with Crippen molar-refractivity contribution >= 4 is 23.6 Å². The fourth-order valence-electron chi connectivity index (χ4n) is 1.97. The summed E-state index contributed by atoms with van der Waals surface area (Å²) < 4.78 is 5.18. The fourth-order valence-corrected chi connectivity index (χ4v) is 2.16. The second-order valence-corrected chi connectivity index (χ2v) is 5.76. The molecule has 0 unspecified atom stereocenters. The summed E-state index contributed by atoms with van der Waals surface area (Å²) in [5.74, 6) is 0.117. The predicted molar refractivity (Wildman–Crippen MR) is 90.8 cm³/mol. The van der Waals surface area contributed by atoms with Crippen LogP contribution < -0.4 is 0 Å². The number of esters is 1. The second kappa shape index (κ2) is 7.81. The molecule has 114 valence electrons. The van der Waals surface area contributed by atoms with E-state index in [1.807, 2.05) is 30.3 Å². The smallest absolute Gasteiger partial charge is 0.331 e. The topological polar surface area (TPSA) is 26.3 Å². The van der Waals surface area contributed by atoms with Gasteiger partial charge in [-0.15, -0.1) is 0 Å². The summed E-state index contributed by atoms with van der Waals surface area (Å²) in [7, 11) is 0. The number of carbonyl (C=O) groups excluding carboxylic acids is 1. The molecule has 0 amide bonds. The van der Waals surface area contributed by atoms with Crippen molar-refractivity contribution in [2.24, 2.45) is 0 Å². The van der Waals surface area contributed by atoms with E-state index < -0.39 is 0 Å². The highest BCUT2D eigenvalue weighted by atomic mass is 35.5. The molecule has 0 spiro atoms. The molecule has 2 aromatic carbocycles. The average molecular weight is 315 g/mol. The van der Waals surface area contributed by atoms with E-state index in [0.717, 1.165) is 11.1 Å². The Morgan fingerprint density at radius 2 is 1.82 bits per heavy atom. The van der Waals surface area contributed by atoms with Crippen LogP contribution >= 0.6 is 11.6 Å². The molecule has 0 aliphatic rings. The summed E-state index contributed by atoms with van der Waals surface area (Å²) in [5, 5.41) is 0.601. The Morgan fingerprint density at radius 3 is 2.45 bits per heavy atom. The van der Waals surface area contributed by atoms with Crippen LogP contribution in [0, 0.1) is 0 Å². The van der Waals surface area contributed by atoms with Crippen LogP contribution in [0.15, 0.2) is 54.6 Å². The van der Waals surface area contributed by atoms with Crippen LogP contribution in [-0.4, -0.2) is 5.97 Å².